The highest BCUT2D eigenvalue weighted by molar-refractivity contribution is 9.11. The molecule has 0 fully saturated rings. The molecule has 3 N–H and O–H groups in total. The number of hydrogen-bond acceptors (Lipinski definition) is 3. The fraction of sp³-hybridized carbons (Fsp3) is 0.167. The van der Waals surface area contributed by atoms with Crippen LogP contribution in [0.2, 0.25) is 0 Å². The molecule has 0 heterocycles. The predicted molar refractivity (Wildman–Crippen MR) is 155 cm³/mol. The lowest BCUT2D eigenvalue weighted by atomic mass is 9.90. The lowest BCUT2D eigenvalue weighted by Gasteiger charge is -2.30. The van der Waals surface area contributed by atoms with Gasteiger partial charge in [-0.2, -0.15) is 0 Å². The van der Waals surface area contributed by atoms with Gasteiger partial charge >= 0.3 is 0 Å². The number of thiocarbonyl (C=S) groups is 1. The molecule has 0 spiro atoms. The van der Waals surface area contributed by atoms with E-state index in [2.05, 4.69) is 47.8 Å². The number of carbonyl (C=O) groups excluding carboxylic acids is 1. The average Bonchev–Trinajstić information content (AvgIpc) is 2.82. The van der Waals surface area contributed by atoms with Crippen LogP contribution in [-0.4, -0.2) is 28.1 Å². The predicted octanol–water partition coefficient (Wildman–Crippen LogP) is 7.15. The number of rotatable bonds is 7. The number of ether oxygens (including phenoxy) is 1. The molecule has 0 unspecified atom stereocenters. The van der Waals surface area contributed by atoms with Gasteiger partial charge in [0.15, 0.2) is 5.11 Å². The number of benzene rings is 3. The Bertz CT molecular complexity index is 1120. The molecule has 5 nitrogen and oxygen atoms in total. The number of alkyl halides is 3. The van der Waals surface area contributed by atoms with Gasteiger partial charge < -0.3 is 20.7 Å². The Hall–Kier alpha value is -1.55. The van der Waals surface area contributed by atoms with Crippen LogP contribution in [0.1, 0.15) is 17.0 Å². The largest absolute Gasteiger partial charge is 0.497 e. The number of carbonyl (C=O) groups is 1. The monoisotopic (exact) mass is 677 g/mol. The van der Waals surface area contributed by atoms with Crippen molar-refractivity contribution in [3.05, 3.63) is 92.9 Å². The van der Waals surface area contributed by atoms with E-state index >= 15 is 0 Å². The summed E-state index contributed by atoms with van der Waals surface area (Å²) in [4.78, 5) is 13.5. The Balaban J connectivity index is 1.82. The highest BCUT2D eigenvalue weighted by Crippen LogP contribution is 2.36. The average molecular weight is 681 g/mol. The summed E-state index contributed by atoms with van der Waals surface area (Å²) < 4.78 is 4.72. The second-order valence-corrected chi connectivity index (χ2v) is 11.8. The van der Waals surface area contributed by atoms with Crippen LogP contribution in [0.3, 0.4) is 0 Å². The molecule has 0 saturated heterocycles. The van der Waals surface area contributed by atoms with E-state index in [1.54, 1.807) is 19.2 Å². The molecular formula is C24H20Br2Cl3N3O2S. The van der Waals surface area contributed by atoms with Gasteiger partial charge in [0.2, 0.25) is 9.70 Å². The van der Waals surface area contributed by atoms with Gasteiger partial charge in [0.05, 0.1) is 18.7 Å². The third-order valence-electron chi connectivity index (χ3n) is 4.91. The van der Waals surface area contributed by atoms with Crippen LogP contribution >= 0.6 is 78.9 Å². The Morgan fingerprint density at radius 1 is 0.914 bits per heavy atom. The molecule has 3 aromatic rings. The third-order valence-corrected chi connectivity index (χ3v) is 7.03. The van der Waals surface area contributed by atoms with Crippen LogP contribution in [-0.2, 0) is 4.79 Å². The van der Waals surface area contributed by atoms with Gasteiger partial charge in [-0.1, -0.05) is 95.5 Å². The molecule has 0 bridgehead atoms. The second kappa shape index (κ2) is 12.6. The van der Waals surface area contributed by atoms with Crippen LogP contribution in [0.15, 0.2) is 81.7 Å². The fourth-order valence-electron chi connectivity index (χ4n) is 3.28. The Morgan fingerprint density at radius 2 is 1.40 bits per heavy atom. The highest BCUT2D eigenvalue weighted by atomic mass is 79.9. The van der Waals surface area contributed by atoms with Crippen molar-refractivity contribution in [2.75, 3.05) is 12.4 Å². The first-order valence-electron chi connectivity index (χ1n) is 10.2. The molecule has 1 atom stereocenters. The summed E-state index contributed by atoms with van der Waals surface area (Å²) in [5.41, 5.74) is 2.22. The summed E-state index contributed by atoms with van der Waals surface area (Å²) in [6.45, 7) is 0. The highest BCUT2D eigenvalue weighted by Gasteiger charge is 2.37. The van der Waals surface area contributed by atoms with E-state index in [1.807, 2.05) is 60.7 Å². The summed E-state index contributed by atoms with van der Waals surface area (Å²) in [5.74, 6) is -0.339. The maximum Gasteiger partial charge on any atom is 0.233 e. The minimum Gasteiger partial charge on any atom is -0.497 e. The minimum absolute atomic E-state index is 0.129. The van der Waals surface area contributed by atoms with Gasteiger partial charge in [0.1, 0.15) is 11.9 Å². The molecule has 3 rings (SSSR count). The molecule has 0 aliphatic rings. The van der Waals surface area contributed by atoms with E-state index in [0.717, 1.165) is 11.1 Å². The summed E-state index contributed by atoms with van der Waals surface area (Å²) in [6, 6.07) is 22.3. The summed E-state index contributed by atoms with van der Waals surface area (Å²) in [7, 11) is 1.57. The van der Waals surface area contributed by atoms with Crippen LogP contribution < -0.4 is 20.7 Å². The number of anilines is 1. The van der Waals surface area contributed by atoms with E-state index in [0.29, 0.717) is 20.4 Å². The Kier molecular flexibility index (Phi) is 10.1. The van der Waals surface area contributed by atoms with Crippen molar-refractivity contribution in [2.45, 2.75) is 15.9 Å². The SMILES string of the molecule is COc1cc(Br)c(NC(=S)N[C@H](NC(=O)C(c2ccccc2)c2ccccc2)C(Cl)(Cl)Cl)c(Br)c1. The molecule has 1 amide bonds. The minimum atomic E-state index is -1.91. The molecule has 184 valence electrons. The molecule has 0 saturated carbocycles. The zero-order chi connectivity index (χ0) is 25.6. The smallest absolute Gasteiger partial charge is 0.233 e. The van der Waals surface area contributed by atoms with Gasteiger partial charge in [-0.3, -0.25) is 4.79 Å². The van der Waals surface area contributed by atoms with E-state index in [1.165, 1.54) is 0 Å². The Morgan fingerprint density at radius 3 is 1.83 bits per heavy atom. The van der Waals surface area contributed by atoms with Gasteiger partial charge in [0.25, 0.3) is 0 Å². The van der Waals surface area contributed by atoms with E-state index < -0.39 is 15.9 Å². The topological polar surface area (TPSA) is 62.4 Å². The molecule has 0 aromatic heterocycles. The van der Waals surface area contributed by atoms with E-state index in [-0.39, 0.29) is 11.0 Å². The van der Waals surface area contributed by atoms with Crippen molar-refractivity contribution in [1.29, 1.82) is 0 Å². The standard InChI is InChI=1S/C24H20Br2Cl3N3O2S/c1-34-16-12-17(25)20(18(26)13-16)30-23(35)32-22(24(27,28)29)31-21(33)19(14-8-4-2-5-9-14)15-10-6-3-7-11-15/h2-13,19,22H,1H3,(H,31,33)(H2,30,32,35)/t22-/m0/s1. The molecular weight excluding hydrogens is 661 g/mol. The number of hydrogen-bond donors (Lipinski definition) is 3. The maximum absolute atomic E-state index is 13.5. The van der Waals surface area contributed by atoms with Crippen LogP contribution in [0.5, 0.6) is 5.75 Å². The third kappa shape index (κ3) is 7.71. The van der Waals surface area contributed by atoms with Gasteiger partial charge in [-0.15, -0.1) is 0 Å². The van der Waals surface area contributed by atoms with E-state index in [9.17, 15) is 4.79 Å². The number of nitrogens with one attached hydrogen (secondary N) is 3. The number of halogens is 5. The van der Waals surface area contributed by atoms with Crippen molar-refractivity contribution in [3.63, 3.8) is 0 Å². The quantitative estimate of drug-likeness (QED) is 0.141. The lowest BCUT2D eigenvalue weighted by molar-refractivity contribution is -0.122. The van der Waals surface area contributed by atoms with Gasteiger partial charge in [-0.05, 0) is 67.3 Å². The summed E-state index contributed by atoms with van der Waals surface area (Å²) >= 11 is 31.1. The molecule has 0 aliphatic carbocycles. The Labute approximate surface area is 241 Å². The van der Waals surface area contributed by atoms with Crippen LogP contribution in [0, 0.1) is 0 Å². The normalized spacial score (nSPS) is 12.1. The zero-order valence-corrected chi connectivity index (χ0v) is 24.5. The first-order valence-corrected chi connectivity index (χ1v) is 13.3. The van der Waals surface area contributed by atoms with Crippen molar-refractivity contribution in [3.8, 4) is 5.75 Å². The van der Waals surface area contributed by atoms with Gasteiger partial charge in [-0.25, -0.2) is 0 Å². The molecule has 3 aromatic carbocycles. The summed E-state index contributed by atoms with van der Waals surface area (Å²) in [5, 5.41) is 8.87. The fourth-order valence-corrected chi connectivity index (χ4v) is 5.17. The van der Waals surface area contributed by atoms with Crippen molar-refractivity contribution >= 4 is 95.6 Å². The molecule has 35 heavy (non-hydrogen) atoms. The maximum atomic E-state index is 13.5. The van der Waals surface area contributed by atoms with Crippen molar-refractivity contribution < 1.29 is 9.53 Å². The lowest BCUT2D eigenvalue weighted by Crippen LogP contribution is -2.57. The number of methoxy groups -OCH3 is 1. The summed E-state index contributed by atoms with van der Waals surface area (Å²) in [6.07, 6.45) is -1.13. The zero-order valence-electron chi connectivity index (χ0n) is 18.2. The second-order valence-electron chi connectivity index (χ2n) is 7.30. The van der Waals surface area contributed by atoms with Crippen molar-refractivity contribution in [2.24, 2.45) is 0 Å². The van der Waals surface area contributed by atoms with Crippen LogP contribution in [0.4, 0.5) is 5.69 Å². The molecule has 0 aliphatic heterocycles. The first-order chi connectivity index (χ1) is 16.6. The molecule has 11 heteroatoms. The van der Waals surface area contributed by atoms with Crippen molar-refractivity contribution in [1.82, 2.24) is 10.6 Å². The first kappa shape index (κ1) is 28.0. The van der Waals surface area contributed by atoms with Crippen LogP contribution in [0.25, 0.3) is 0 Å². The van der Waals surface area contributed by atoms with Gasteiger partial charge in [0, 0.05) is 8.95 Å². The number of amides is 1. The van der Waals surface area contributed by atoms with E-state index in [4.69, 9.17) is 51.8 Å². The molecule has 0 radical (unpaired) electrons.